The van der Waals surface area contributed by atoms with E-state index in [0.717, 1.165) is 5.56 Å². The summed E-state index contributed by atoms with van der Waals surface area (Å²) in [4.78, 5) is 21.9. The fourth-order valence-corrected chi connectivity index (χ4v) is 5.75. The fraction of sp³-hybridized carbons (Fsp3) is 0. The zero-order valence-electron chi connectivity index (χ0n) is 19.4. The summed E-state index contributed by atoms with van der Waals surface area (Å²) in [5.74, 6) is -0.414. The summed E-state index contributed by atoms with van der Waals surface area (Å²) >= 11 is 12.5. The monoisotopic (exact) mass is 579 g/mol. The van der Waals surface area contributed by atoms with E-state index in [1.165, 1.54) is 29.7 Å². The van der Waals surface area contributed by atoms with Gasteiger partial charge in [-0.1, -0.05) is 41.9 Å². The number of nitrogens with zero attached hydrogens (tertiary/aromatic N) is 2. The Labute approximate surface area is 232 Å². The second-order valence-corrected chi connectivity index (χ2v) is 11.4. The van der Waals surface area contributed by atoms with Crippen molar-refractivity contribution < 1.29 is 13.2 Å². The number of para-hydroxylation sites is 1. The van der Waals surface area contributed by atoms with Crippen LogP contribution in [0.2, 0.25) is 5.02 Å². The van der Waals surface area contributed by atoms with E-state index in [1.54, 1.807) is 35.7 Å². The van der Waals surface area contributed by atoms with Gasteiger partial charge < -0.3 is 5.32 Å². The van der Waals surface area contributed by atoms with Gasteiger partial charge in [-0.15, -0.1) is 11.3 Å². The average Bonchev–Trinajstić information content (AvgIpc) is 3.41. The van der Waals surface area contributed by atoms with E-state index in [9.17, 15) is 13.2 Å². The van der Waals surface area contributed by atoms with Crippen molar-refractivity contribution in [3.63, 3.8) is 0 Å². The molecule has 12 heteroatoms. The predicted octanol–water partition coefficient (Wildman–Crippen LogP) is 5.94. The molecule has 38 heavy (non-hydrogen) atoms. The number of thiocarbonyl (C=S) groups is 1. The van der Waals surface area contributed by atoms with Crippen LogP contribution in [-0.2, 0) is 10.0 Å². The van der Waals surface area contributed by atoms with Crippen LogP contribution in [0.4, 0.5) is 10.8 Å². The third kappa shape index (κ3) is 5.81. The quantitative estimate of drug-likeness (QED) is 0.213. The Balaban J connectivity index is 1.32. The molecule has 5 rings (SSSR count). The Morgan fingerprint density at radius 3 is 2.42 bits per heavy atom. The van der Waals surface area contributed by atoms with Crippen LogP contribution in [0.25, 0.3) is 22.2 Å². The normalized spacial score (nSPS) is 11.2. The lowest BCUT2D eigenvalue weighted by molar-refractivity contribution is 0.0979. The number of nitrogens with one attached hydrogen (secondary N) is 3. The lowest BCUT2D eigenvalue weighted by atomic mass is 10.0. The second-order valence-electron chi connectivity index (χ2n) is 7.95. The number of amides is 1. The molecule has 190 valence electrons. The minimum atomic E-state index is -3.78. The first-order valence-electron chi connectivity index (χ1n) is 11.1. The van der Waals surface area contributed by atoms with Crippen molar-refractivity contribution in [1.82, 2.24) is 15.3 Å². The summed E-state index contributed by atoms with van der Waals surface area (Å²) in [5.41, 5.74) is 3.00. The molecule has 2 heterocycles. The molecule has 0 aliphatic carbocycles. The topological polar surface area (TPSA) is 113 Å². The van der Waals surface area contributed by atoms with Crippen LogP contribution in [-0.4, -0.2) is 29.4 Å². The Morgan fingerprint density at radius 2 is 1.71 bits per heavy atom. The van der Waals surface area contributed by atoms with Gasteiger partial charge in [0.25, 0.3) is 15.9 Å². The van der Waals surface area contributed by atoms with E-state index < -0.39 is 15.9 Å². The maximum atomic E-state index is 13.3. The number of rotatable bonds is 6. The third-order valence-electron chi connectivity index (χ3n) is 5.40. The number of hydrogen-bond donors (Lipinski definition) is 3. The van der Waals surface area contributed by atoms with E-state index in [0.29, 0.717) is 32.9 Å². The number of carbonyl (C=O) groups is 1. The highest BCUT2D eigenvalue weighted by atomic mass is 35.5. The van der Waals surface area contributed by atoms with Crippen LogP contribution in [0.3, 0.4) is 0 Å². The van der Waals surface area contributed by atoms with Crippen LogP contribution in [0.5, 0.6) is 0 Å². The number of carbonyl (C=O) groups excluding carboxylic acids is 1. The Kier molecular flexibility index (Phi) is 7.34. The van der Waals surface area contributed by atoms with E-state index in [-0.39, 0.29) is 15.1 Å². The molecule has 8 nitrogen and oxygen atoms in total. The Bertz CT molecular complexity index is 1740. The van der Waals surface area contributed by atoms with Crippen molar-refractivity contribution in [3.05, 3.63) is 101 Å². The zero-order valence-corrected chi connectivity index (χ0v) is 22.6. The number of anilines is 2. The number of halogens is 1. The van der Waals surface area contributed by atoms with E-state index >= 15 is 0 Å². The van der Waals surface area contributed by atoms with Gasteiger partial charge in [0.05, 0.1) is 21.7 Å². The van der Waals surface area contributed by atoms with Crippen LogP contribution < -0.4 is 15.4 Å². The van der Waals surface area contributed by atoms with Crippen molar-refractivity contribution in [2.24, 2.45) is 0 Å². The summed E-state index contributed by atoms with van der Waals surface area (Å²) < 4.78 is 27.5. The molecule has 2 aromatic heterocycles. The summed E-state index contributed by atoms with van der Waals surface area (Å²) in [6.07, 6.45) is 1.51. The molecule has 0 saturated heterocycles. The highest BCUT2D eigenvalue weighted by Gasteiger charge is 2.17. The van der Waals surface area contributed by atoms with Crippen molar-refractivity contribution in [2.45, 2.75) is 4.90 Å². The van der Waals surface area contributed by atoms with Gasteiger partial charge in [0.2, 0.25) is 0 Å². The van der Waals surface area contributed by atoms with Crippen molar-refractivity contribution >= 4 is 77.9 Å². The standard InChI is InChI=1S/C26H18ClN5O3S3/c27-17-7-5-16(6-8-17)23-15-21(20-3-1-2-4-22(20)30-23)24(33)31-25(36)29-18-9-11-19(12-10-18)38(34,35)32-26-28-13-14-37-26/h1-15H,(H,28,32)(H2,29,31,33,36). The van der Waals surface area contributed by atoms with E-state index in [2.05, 4.69) is 25.3 Å². The number of hydrogen-bond acceptors (Lipinski definition) is 7. The Morgan fingerprint density at radius 1 is 0.974 bits per heavy atom. The van der Waals surface area contributed by atoms with Gasteiger partial charge in [-0.05, 0) is 60.7 Å². The van der Waals surface area contributed by atoms with Crippen LogP contribution in [0.1, 0.15) is 10.4 Å². The van der Waals surface area contributed by atoms with Crippen molar-refractivity contribution in [1.29, 1.82) is 0 Å². The third-order valence-corrected chi connectivity index (χ3v) is 8.03. The molecule has 0 atom stereocenters. The minimum Gasteiger partial charge on any atom is -0.332 e. The van der Waals surface area contributed by atoms with Gasteiger partial charge in [-0.2, -0.15) is 0 Å². The maximum Gasteiger partial charge on any atom is 0.263 e. The first kappa shape index (κ1) is 25.7. The van der Waals surface area contributed by atoms with Gasteiger partial charge in [0.15, 0.2) is 10.2 Å². The number of sulfonamides is 1. The molecule has 3 aromatic carbocycles. The van der Waals surface area contributed by atoms with Crippen LogP contribution in [0, 0.1) is 0 Å². The first-order chi connectivity index (χ1) is 18.3. The minimum absolute atomic E-state index is 0.0560. The molecule has 5 aromatic rings. The molecule has 1 amide bonds. The van der Waals surface area contributed by atoms with Gasteiger partial charge in [-0.3, -0.25) is 14.8 Å². The van der Waals surface area contributed by atoms with E-state index in [4.69, 9.17) is 23.8 Å². The van der Waals surface area contributed by atoms with Crippen LogP contribution in [0.15, 0.2) is 95.3 Å². The SMILES string of the molecule is O=C(NC(=S)Nc1ccc(S(=O)(=O)Nc2nccs2)cc1)c1cc(-c2ccc(Cl)cc2)nc2ccccc12. The van der Waals surface area contributed by atoms with Gasteiger partial charge in [0, 0.05) is 33.2 Å². The van der Waals surface area contributed by atoms with Gasteiger partial charge >= 0.3 is 0 Å². The lowest BCUT2D eigenvalue weighted by Crippen LogP contribution is -2.34. The first-order valence-corrected chi connectivity index (χ1v) is 14.2. The summed E-state index contributed by atoms with van der Waals surface area (Å²) in [6, 6.07) is 22.2. The fourth-order valence-electron chi connectivity index (χ4n) is 3.63. The molecule has 0 bridgehead atoms. The van der Waals surface area contributed by atoms with Crippen molar-refractivity contribution in [3.8, 4) is 11.3 Å². The molecule has 0 spiro atoms. The molecule has 0 unspecified atom stereocenters. The number of aromatic nitrogens is 2. The number of thiazole rings is 1. The highest BCUT2D eigenvalue weighted by molar-refractivity contribution is 7.93. The zero-order chi connectivity index (χ0) is 26.7. The molecular formula is C26H18ClN5O3S3. The van der Waals surface area contributed by atoms with Crippen molar-refractivity contribution in [2.75, 3.05) is 10.0 Å². The molecule has 0 aliphatic rings. The largest absolute Gasteiger partial charge is 0.332 e. The lowest BCUT2D eigenvalue weighted by Gasteiger charge is -2.13. The van der Waals surface area contributed by atoms with Gasteiger partial charge in [-0.25, -0.2) is 18.4 Å². The maximum absolute atomic E-state index is 13.3. The predicted molar refractivity (Wildman–Crippen MR) is 155 cm³/mol. The number of pyridine rings is 1. The van der Waals surface area contributed by atoms with Crippen LogP contribution >= 0.6 is 35.2 Å². The highest BCUT2D eigenvalue weighted by Crippen LogP contribution is 2.26. The second kappa shape index (κ2) is 10.8. The molecule has 0 radical (unpaired) electrons. The molecule has 3 N–H and O–H groups in total. The Hall–Kier alpha value is -3.90. The number of fused-ring (bicyclic) bond motifs is 1. The summed E-state index contributed by atoms with van der Waals surface area (Å²) in [5, 5.41) is 8.89. The summed E-state index contributed by atoms with van der Waals surface area (Å²) in [6.45, 7) is 0. The van der Waals surface area contributed by atoms with Gasteiger partial charge in [0.1, 0.15) is 0 Å². The smallest absolute Gasteiger partial charge is 0.263 e. The number of benzene rings is 3. The molecule has 0 saturated carbocycles. The molecular weight excluding hydrogens is 562 g/mol. The average molecular weight is 580 g/mol. The van der Waals surface area contributed by atoms with E-state index in [1.807, 2.05) is 36.4 Å². The molecule has 0 aliphatic heterocycles. The summed E-state index contributed by atoms with van der Waals surface area (Å²) in [7, 11) is -3.78. The molecule has 0 fully saturated rings.